The monoisotopic (exact) mass is 445 g/mol. The molecule has 0 aliphatic rings. The van der Waals surface area contributed by atoms with E-state index in [1.165, 1.54) is 19.5 Å². The number of carbonyl (C=O) groups is 2. The van der Waals surface area contributed by atoms with Crippen molar-refractivity contribution < 1.29 is 19.1 Å². The van der Waals surface area contributed by atoms with E-state index < -0.39 is 17.9 Å². The van der Waals surface area contributed by atoms with Crippen molar-refractivity contribution in [2.45, 2.75) is 26.3 Å². The van der Waals surface area contributed by atoms with Gasteiger partial charge in [-0.15, -0.1) is 0 Å². The Morgan fingerprint density at radius 1 is 1.06 bits per heavy atom. The Hall–Kier alpha value is -4.00. The van der Waals surface area contributed by atoms with Crippen molar-refractivity contribution in [2.24, 2.45) is 5.92 Å². The summed E-state index contributed by atoms with van der Waals surface area (Å²) in [6, 6.07) is 17.4. The Balaban J connectivity index is 1.73. The van der Waals surface area contributed by atoms with E-state index >= 15 is 0 Å². The second kappa shape index (κ2) is 10.5. The number of benzene rings is 2. The molecule has 0 saturated heterocycles. The third kappa shape index (κ3) is 6.04. The molecule has 0 bridgehead atoms. The molecule has 0 fully saturated rings. The lowest BCUT2D eigenvalue weighted by atomic mass is 9.91. The molecular weight excluding hydrogens is 418 g/mol. The fraction of sp³-hybridized carbons (Fsp3) is 0.231. The number of hydrogen-bond acceptors (Lipinski definition) is 5. The van der Waals surface area contributed by atoms with E-state index in [1.54, 1.807) is 44.2 Å². The fourth-order valence-electron chi connectivity index (χ4n) is 3.63. The first-order valence-corrected chi connectivity index (χ1v) is 10.6. The smallest absolute Gasteiger partial charge is 0.311 e. The van der Waals surface area contributed by atoms with Crippen LogP contribution < -0.4 is 10.0 Å². The highest BCUT2D eigenvalue weighted by Gasteiger charge is 2.28. The van der Waals surface area contributed by atoms with Gasteiger partial charge in [-0.2, -0.15) is 4.73 Å². The number of esters is 1. The molecular formula is C26H27N3O4. The van der Waals surface area contributed by atoms with Gasteiger partial charge in [-0.1, -0.05) is 30.3 Å². The number of rotatable bonds is 8. The third-order valence-corrected chi connectivity index (χ3v) is 5.54. The quantitative estimate of drug-likeness (QED) is 0.239. The Morgan fingerprint density at radius 3 is 2.42 bits per heavy atom. The largest absolute Gasteiger partial charge is 0.619 e. The van der Waals surface area contributed by atoms with Crippen LogP contribution in [-0.2, 0) is 16.0 Å². The SMILES string of the molecule is COC(=O)[C@H](Cc1cccc(C(C)=N)c1)C(C)NC(=O)c1ccc(-c2ccc[n+]([O-])c2)cc1. The lowest BCUT2D eigenvalue weighted by Crippen LogP contribution is -2.42. The van der Waals surface area contributed by atoms with Gasteiger partial charge in [0.2, 0.25) is 0 Å². The summed E-state index contributed by atoms with van der Waals surface area (Å²) in [6.45, 7) is 3.48. The summed E-state index contributed by atoms with van der Waals surface area (Å²) in [5.74, 6) is -1.31. The second-order valence-corrected chi connectivity index (χ2v) is 7.95. The minimum Gasteiger partial charge on any atom is -0.619 e. The molecule has 1 aromatic heterocycles. The van der Waals surface area contributed by atoms with Gasteiger partial charge in [0.05, 0.1) is 13.0 Å². The van der Waals surface area contributed by atoms with E-state index in [1.807, 2.05) is 30.3 Å². The zero-order chi connectivity index (χ0) is 24.0. The summed E-state index contributed by atoms with van der Waals surface area (Å²) in [4.78, 5) is 25.3. The molecule has 0 saturated carbocycles. The minimum absolute atomic E-state index is 0.306. The molecule has 0 spiro atoms. The number of nitrogens with zero attached hydrogens (tertiary/aromatic N) is 1. The maximum Gasteiger partial charge on any atom is 0.311 e. The van der Waals surface area contributed by atoms with Crippen LogP contribution in [0.3, 0.4) is 0 Å². The summed E-state index contributed by atoms with van der Waals surface area (Å²) in [5.41, 5.74) is 4.13. The highest BCUT2D eigenvalue weighted by molar-refractivity contribution is 5.96. The maximum absolute atomic E-state index is 12.8. The Kier molecular flexibility index (Phi) is 7.56. The van der Waals surface area contributed by atoms with E-state index in [0.29, 0.717) is 17.7 Å². The molecule has 2 N–H and O–H groups in total. The van der Waals surface area contributed by atoms with Crippen LogP contribution >= 0.6 is 0 Å². The van der Waals surface area contributed by atoms with Crippen molar-refractivity contribution in [2.75, 3.05) is 7.11 Å². The van der Waals surface area contributed by atoms with E-state index in [9.17, 15) is 14.8 Å². The molecule has 7 nitrogen and oxygen atoms in total. The molecule has 3 aromatic rings. The molecule has 2 aromatic carbocycles. The zero-order valence-corrected chi connectivity index (χ0v) is 18.9. The average molecular weight is 446 g/mol. The van der Waals surface area contributed by atoms with Crippen LogP contribution in [0.25, 0.3) is 11.1 Å². The maximum atomic E-state index is 12.8. The van der Waals surface area contributed by atoms with Gasteiger partial charge in [0, 0.05) is 28.9 Å². The Labute approximate surface area is 193 Å². The highest BCUT2D eigenvalue weighted by Crippen LogP contribution is 2.19. The zero-order valence-electron chi connectivity index (χ0n) is 18.9. The number of hydrogen-bond donors (Lipinski definition) is 2. The molecule has 7 heteroatoms. The standard InChI is InChI=1S/C26H27N3O4/c1-17(27)22-7-4-6-19(14-22)15-24(26(31)33-3)18(2)28-25(30)21-11-9-20(10-12-21)23-8-5-13-29(32)16-23/h4-14,16,18,24,27H,15H2,1-3H3,(H,28,30)/t18?,24-/m1/s1. The predicted molar refractivity (Wildman–Crippen MR) is 126 cm³/mol. The van der Waals surface area contributed by atoms with Crippen molar-refractivity contribution >= 4 is 17.6 Å². The molecule has 0 radical (unpaired) electrons. The van der Waals surface area contributed by atoms with E-state index in [-0.39, 0.29) is 5.91 Å². The molecule has 33 heavy (non-hydrogen) atoms. The molecule has 0 aliphatic heterocycles. The van der Waals surface area contributed by atoms with Crippen LogP contribution in [0.15, 0.2) is 73.1 Å². The van der Waals surface area contributed by atoms with E-state index in [0.717, 1.165) is 27.0 Å². The summed E-state index contributed by atoms with van der Waals surface area (Å²) < 4.78 is 5.71. The summed E-state index contributed by atoms with van der Waals surface area (Å²) in [7, 11) is 1.33. The first-order chi connectivity index (χ1) is 15.8. The van der Waals surface area contributed by atoms with Gasteiger partial charge < -0.3 is 20.7 Å². The predicted octanol–water partition coefficient (Wildman–Crippen LogP) is 3.52. The van der Waals surface area contributed by atoms with Gasteiger partial charge in [-0.05, 0) is 61.2 Å². The van der Waals surface area contributed by atoms with Crippen LogP contribution in [0.1, 0.15) is 35.3 Å². The first-order valence-electron chi connectivity index (χ1n) is 10.6. The van der Waals surface area contributed by atoms with Crippen molar-refractivity contribution in [3.63, 3.8) is 0 Å². The van der Waals surface area contributed by atoms with Crippen molar-refractivity contribution in [3.8, 4) is 11.1 Å². The normalized spacial score (nSPS) is 12.5. The van der Waals surface area contributed by atoms with Crippen LogP contribution in [0, 0.1) is 16.5 Å². The minimum atomic E-state index is -0.587. The van der Waals surface area contributed by atoms with Gasteiger partial charge in [-0.25, -0.2) is 0 Å². The van der Waals surface area contributed by atoms with Gasteiger partial charge in [0.15, 0.2) is 12.4 Å². The van der Waals surface area contributed by atoms with Crippen LogP contribution in [-0.4, -0.2) is 30.7 Å². The molecule has 0 aliphatic carbocycles. The van der Waals surface area contributed by atoms with E-state index in [4.69, 9.17) is 10.1 Å². The summed E-state index contributed by atoms with van der Waals surface area (Å²) >= 11 is 0. The molecule has 2 atom stereocenters. The average Bonchev–Trinajstić information content (AvgIpc) is 2.82. The molecule has 170 valence electrons. The highest BCUT2D eigenvalue weighted by atomic mass is 16.5. The number of aromatic nitrogens is 1. The lowest BCUT2D eigenvalue weighted by Gasteiger charge is -2.23. The fourth-order valence-corrected chi connectivity index (χ4v) is 3.63. The first kappa shape index (κ1) is 23.7. The Bertz CT molecular complexity index is 1160. The third-order valence-electron chi connectivity index (χ3n) is 5.54. The number of nitrogens with one attached hydrogen (secondary N) is 2. The van der Waals surface area contributed by atoms with Crippen LogP contribution in [0.2, 0.25) is 0 Å². The Morgan fingerprint density at radius 2 is 1.79 bits per heavy atom. The van der Waals surface area contributed by atoms with Crippen molar-refractivity contribution in [3.05, 3.63) is 95.0 Å². The number of amides is 1. The van der Waals surface area contributed by atoms with Crippen LogP contribution in [0.5, 0.6) is 0 Å². The number of carbonyl (C=O) groups excluding carboxylic acids is 2. The summed E-state index contributed by atoms with van der Waals surface area (Å²) in [6.07, 6.45) is 3.25. The van der Waals surface area contributed by atoms with Gasteiger partial charge in [0.25, 0.3) is 5.91 Å². The molecule has 1 amide bonds. The van der Waals surface area contributed by atoms with Crippen LogP contribution in [0.4, 0.5) is 0 Å². The topological polar surface area (TPSA) is 106 Å². The second-order valence-electron chi connectivity index (χ2n) is 7.95. The van der Waals surface area contributed by atoms with Gasteiger partial charge in [0.1, 0.15) is 0 Å². The van der Waals surface area contributed by atoms with Crippen molar-refractivity contribution in [1.29, 1.82) is 5.41 Å². The lowest BCUT2D eigenvalue weighted by molar-refractivity contribution is -0.604. The number of pyridine rings is 1. The number of methoxy groups -OCH3 is 1. The van der Waals surface area contributed by atoms with Gasteiger partial charge >= 0.3 is 5.97 Å². The van der Waals surface area contributed by atoms with Gasteiger partial charge in [-0.3, -0.25) is 9.59 Å². The summed E-state index contributed by atoms with van der Waals surface area (Å²) in [5, 5.41) is 22.2. The molecule has 3 rings (SSSR count). The van der Waals surface area contributed by atoms with Crippen molar-refractivity contribution in [1.82, 2.24) is 5.32 Å². The number of ether oxygens (including phenoxy) is 1. The molecule has 1 heterocycles. The molecule has 1 unspecified atom stereocenters. The van der Waals surface area contributed by atoms with E-state index in [2.05, 4.69) is 5.32 Å².